The van der Waals surface area contributed by atoms with Gasteiger partial charge in [-0.1, -0.05) is 6.92 Å². The number of aryl methyl sites for hydroxylation is 1. The Morgan fingerprint density at radius 2 is 2.31 bits per heavy atom. The average Bonchev–Trinajstić information content (AvgIpc) is 2.17. The van der Waals surface area contributed by atoms with Gasteiger partial charge in [-0.2, -0.15) is 4.98 Å². The minimum absolute atomic E-state index is 0.534. The SMILES string of the molecule is CCCc1nc(NN)cc(OC)n1. The van der Waals surface area contributed by atoms with Gasteiger partial charge in [-0.05, 0) is 6.42 Å². The molecule has 0 amide bonds. The molecule has 3 N–H and O–H groups in total. The Morgan fingerprint density at radius 3 is 2.85 bits per heavy atom. The summed E-state index contributed by atoms with van der Waals surface area (Å²) >= 11 is 0. The topological polar surface area (TPSA) is 73.1 Å². The Kier molecular flexibility index (Phi) is 3.45. The van der Waals surface area contributed by atoms with E-state index >= 15 is 0 Å². The molecule has 1 rings (SSSR count). The molecule has 13 heavy (non-hydrogen) atoms. The fourth-order valence-corrected chi connectivity index (χ4v) is 0.987. The zero-order valence-corrected chi connectivity index (χ0v) is 7.87. The van der Waals surface area contributed by atoms with Crippen LogP contribution < -0.4 is 16.0 Å². The lowest BCUT2D eigenvalue weighted by Gasteiger charge is -2.05. The number of nitrogens with zero attached hydrogens (tertiary/aromatic N) is 2. The summed E-state index contributed by atoms with van der Waals surface area (Å²) in [7, 11) is 1.57. The molecule has 0 atom stereocenters. The number of methoxy groups -OCH3 is 1. The molecule has 1 aromatic heterocycles. The van der Waals surface area contributed by atoms with E-state index in [-0.39, 0.29) is 0 Å². The third-order valence-electron chi connectivity index (χ3n) is 1.58. The van der Waals surface area contributed by atoms with Crippen molar-refractivity contribution in [3.63, 3.8) is 0 Å². The van der Waals surface area contributed by atoms with Gasteiger partial charge in [0.15, 0.2) is 0 Å². The molecular weight excluding hydrogens is 168 g/mol. The number of nitrogens with one attached hydrogen (secondary N) is 1. The molecule has 0 radical (unpaired) electrons. The Labute approximate surface area is 77.3 Å². The average molecular weight is 182 g/mol. The second kappa shape index (κ2) is 4.61. The van der Waals surface area contributed by atoms with Crippen molar-refractivity contribution in [2.75, 3.05) is 12.5 Å². The highest BCUT2D eigenvalue weighted by Gasteiger charge is 2.02. The largest absolute Gasteiger partial charge is 0.481 e. The van der Waals surface area contributed by atoms with Crippen molar-refractivity contribution >= 4 is 5.82 Å². The van der Waals surface area contributed by atoms with Crippen LogP contribution >= 0.6 is 0 Å². The number of nitrogen functional groups attached to an aromatic ring is 1. The summed E-state index contributed by atoms with van der Waals surface area (Å²) in [5, 5.41) is 0. The van der Waals surface area contributed by atoms with Gasteiger partial charge in [-0.25, -0.2) is 10.8 Å². The van der Waals surface area contributed by atoms with Crippen molar-refractivity contribution < 1.29 is 4.74 Å². The van der Waals surface area contributed by atoms with E-state index in [0.29, 0.717) is 11.7 Å². The van der Waals surface area contributed by atoms with Crippen molar-refractivity contribution in [2.24, 2.45) is 5.84 Å². The summed E-state index contributed by atoms with van der Waals surface area (Å²) in [6.07, 6.45) is 1.82. The van der Waals surface area contributed by atoms with Gasteiger partial charge in [0.05, 0.1) is 7.11 Å². The van der Waals surface area contributed by atoms with Crippen LogP contribution in [0.5, 0.6) is 5.88 Å². The van der Waals surface area contributed by atoms with Crippen molar-refractivity contribution in [1.82, 2.24) is 9.97 Å². The van der Waals surface area contributed by atoms with Crippen LogP contribution in [-0.4, -0.2) is 17.1 Å². The number of aromatic nitrogens is 2. The molecule has 72 valence electrons. The Morgan fingerprint density at radius 1 is 1.54 bits per heavy atom. The molecule has 0 aliphatic carbocycles. The second-order valence-corrected chi connectivity index (χ2v) is 2.61. The normalized spacial score (nSPS) is 9.77. The van der Waals surface area contributed by atoms with Gasteiger partial charge in [-0.3, -0.25) is 0 Å². The summed E-state index contributed by atoms with van der Waals surface area (Å²) in [6.45, 7) is 2.07. The summed E-state index contributed by atoms with van der Waals surface area (Å²) in [5.41, 5.74) is 2.47. The molecule has 5 heteroatoms. The summed E-state index contributed by atoms with van der Waals surface area (Å²) in [5.74, 6) is 7.10. The first kappa shape index (κ1) is 9.73. The molecule has 0 saturated carbocycles. The van der Waals surface area contributed by atoms with Crippen molar-refractivity contribution in [2.45, 2.75) is 19.8 Å². The second-order valence-electron chi connectivity index (χ2n) is 2.61. The van der Waals surface area contributed by atoms with E-state index in [1.165, 1.54) is 0 Å². The molecule has 0 aliphatic heterocycles. The van der Waals surface area contributed by atoms with E-state index in [4.69, 9.17) is 10.6 Å². The molecule has 1 heterocycles. The predicted molar refractivity (Wildman–Crippen MR) is 50.4 cm³/mol. The van der Waals surface area contributed by atoms with Crippen molar-refractivity contribution in [1.29, 1.82) is 0 Å². The third kappa shape index (κ3) is 2.55. The molecule has 5 nitrogen and oxygen atoms in total. The molecule has 0 bridgehead atoms. The number of anilines is 1. The number of rotatable bonds is 4. The highest BCUT2D eigenvalue weighted by molar-refractivity contribution is 5.36. The minimum Gasteiger partial charge on any atom is -0.481 e. The van der Waals surface area contributed by atoms with E-state index < -0.39 is 0 Å². The molecule has 0 fully saturated rings. The standard InChI is InChI=1S/C8H14N4O/c1-3-4-6-10-7(12-9)5-8(11-6)13-2/h5H,3-4,9H2,1-2H3,(H,10,11,12). The van der Waals surface area contributed by atoms with Gasteiger partial charge < -0.3 is 10.2 Å². The fourth-order valence-electron chi connectivity index (χ4n) is 0.987. The van der Waals surface area contributed by atoms with Gasteiger partial charge in [0.1, 0.15) is 11.6 Å². The molecule has 0 spiro atoms. The maximum absolute atomic E-state index is 5.24. The first-order valence-corrected chi connectivity index (χ1v) is 4.18. The molecule has 0 aliphatic rings. The monoisotopic (exact) mass is 182 g/mol. The van der Waals surface area contributed by atoms with E-state index in [1.54, 1.807) is 13.2 Å². The van der Waals surface area contributed by atoms with Gasteiger partial charge in [-0.15, -0.1) is 0 Å². The van der Waals surface area contributed by atoms with Crippen LogP contribution in [0.4, 0.5) is 5.82 Å². The number of ether oxygens (including phenoxy) is 1. The number of hydrogen-bond donors (Lipinski definition) is 2. The predicted octanol–water partition coefficient (Wildman–Crippen LogP) is 0.723. The molecule has 0 unspecified atom stereocenters. The molecule has 1 aromatic rings. The smallest absolute Gasteiger partial charge is 0.218 e. The van der Waals surface area contributed by atoms with Gasteiger partial charge in [0, 0.05) is 12.5 Å². The van der Waals surface area contributed by atoms with Gasteiger partial charge in [0.25, 0.3) is 0 Å². The number of nitrogens with two attached hydrogens (primary N) is 1. The maximum atomic E-state index is 5.24. The third-order valence-corrected chi connectivity index (χ3v) is 1.58. The lowest BCUT2D eigenvalue weighted by Crippen LogP contribution is -2.10. The minimum atomic E-state index is 0.534. The quantitative estimate of drug-likeness (QED) is 0.530. The van der Waals surface area contributed by atoms with Gasteiger partial charge in [0.2, 0.25) is 5.88 Å². The van der Waals surface area contributed by atoms with E-state index in [2.05, 4.69) is 22.3 Å². The summed E-state index contributed by atoms with van der Waals surface area (Å²) < 4.78 is 5.00. The van der Waals surface area contributed by atoms with Crippen LogP contribution in [0.3, 0.4) is 0 Å². The van der Waals surface area contributed by atoms with Crippen LogP contribution in [-0.2, 0) is 6.42 Å². The highest BCUT2D eigenvalue weighted by atomic mass is 16.5. The maximum Gasteiger partial charge on any atom is 0.218 e. The van der Waals surface area contributed by atoms with Crippen LogP contribution in [0.1, 0.15) is 19.2 Å². The van der Waals surface area contributed by atoms with Crippen LogP contribution in [0.15, 0.2) is 6.07 Å². The summed E-state index contributed by atoms with van der Waals surface area (Å²) in [4.78, 5) is 8.32. The molecule has 0 saturated heterocycles. The number of hydrazine groups is 1. The van der Waals surface area contributed by atoms with Crippen molar-refractivity contribution in [3.8, 4) is 5.88 Å². The van der Waals surface area contributed by atoms with E-state index in [1.807, 2.05) is 0 Å². The van der Waals surface area contributed by atoms with E-state index in [0.717, 1.165) is 18.7 Å². The van der Waals surface area contributed by atoms with Gasteiger partial charge >= 0.3 is 0 Å². The zero-order valence-electron chi connectivity index (χ0n) is 7.87. The van der Waals surface area contributed by atoms with Crippen LogP contribution in [0.2, 0.25) is 0 Å². The Balaban J connectivity index is 2.93. The highest BCUT2D eigenvalue weighted by Crippen LogP contribution is 2.12. The fraction of sp³-hybridized carbons (Fsp3) is 0.500. The lowest BCUT2D eigenvalue weighted by atomic mass is 10.3. The first-order valence-electron chi connectivity index (χ1n) is 4.18. The molecular formula is C8H14N4O. The number of hydrogen-bond acceptors (Lipinski definition) is 5. The van der Waals surface area contributed by atoms with Crippen LogP contribution in [0.25, 0.3) is 0 Å². The van der Waals surface area contributed by atoms with E-state index in [9.17, 15) is 0 Å². The molecule has 0 aromatic carbocycles. The Bertz CT molecular complexity index is 255. The lowest BCUT2D eigenvalue weighted by molar-refractivity contribution is 0.395. The zero-order chi connectivity index (χ0) is 9.68. The van der Waals surface area contributed by atoms with Crippen molar-refractivity contribution in [3.05, 3.63) is 11.9 Å². The summed E-state index contributed by atoms with van der Waals surface area (Å²) in [6, 6.07) is 1.65. The first-order chi connectivity index (χ1) is 6.30. The van der Waals surface area contributed by atoms with Crippen LogP contribution in [0, 0.1) is 0 Å². The Hall–Kier alpha value is -1.36.